The highest BCUT2D eigenvalue weighted by Gasteiger charge is 2.16. The Morgan fingerprint density at radius 1 is 0.273 bits per heavy atom. The van der Waals surface area contributed by atoms with Crippen LogP contribution in [0.4, 0.5) is 17.1 Å². The lowest BCUT2D eigenvalue weighted by Gasteiger charge is -2.26. The molecule has 0 N–H and O–H groups in total. The topological polar surface area (TPSA) is 3.24 Å². The predicted molar refractivity (Wildman–Crippen MR) is 241 cm³/mol. The number of rotatable bonds is 6. The van der Waals surface area contributed by atoms with Gasteiger partial charge >= 0.3 is 0 Å². The molecule has 0 unspecified atom stereocenters. The van der Waals surface area contributed by atoms with E-state index in [9.17, 15) is 0 Å². The largest absolute Gasteiger partial charge is 0.310 e. The van der Waals surface area contributed by atoms with Crippen LogP contribution < -0.4 is 4.90 Å². The molecule has 11 rings (SSSR count). The fourth-order valence-corrected chi connectivity index (χ4v) is 10.4. The molecular weight excluding hydrogens is 703 g/mol. The Morgan fingerprint density at radius 2 is 0.800 bits per heavy atom. The normalized spacial score (nSPS) is 11.6. The Balaban J connectivity index is 1.01. The fraction of sp³-hybridized carbons (Fsp3) is 0. The molecule has 0 aliphatic heterocycles. The number of benzene rings is 9. The summed E-state index contributed by atoms with van der Waals surface area (Å²) in [7, 11) is 0. The minimum absolute atomic E-state index is 1.11. The maximum Gasteiger partial charge on any atom is 0.0467 e. The molecule has 0 amide bonds. The minimum Gasteiger partial charge on any atom is -0.310 e. The van der Waals surface area contributed by atoms with Crippen molar-refractivity contribution < 1.29 is 0 Å². The number of nitrogens with zero attached hydrogens (tertiary/aromatic N) is 1. The molecule has 0 saturated carbocycles. The highest BCUT2D eigenvalue weighted by atomic mass is 32.1. The van der Waals surface area contributed by atoms with Crippen LogP contribution in [0.3, 0.4) is 0 Å². The Kier molecular flexibility index (Phi) is 7.61. The van der Waals surface area contributed by atoms with Crippen LogP contribution in [0.1, 0.15) is 0 Å². The van der Waals surface area contributed by atoms with Gasteiger partial charge in [0.15, 0.2) is 0 Å². The number of hydrogen-bond donors (Lipinski definition) is 0. The highest BCUT2D eigenvalue weighted by molar-refractivity contribution is 7.26. The summed E-state index contributed by atoms with van der Waals surface area (Å²) in [5.41, 5.74) is 10.6. The monoisotopic (exact) mass is 735 g/mol. The third kappa shape index (κ3) is 5.60. The van der Waals surface area contributed by atoms with Gasteiger partial charge in [0, 0.05) is 57.4 Å². The van der Waals surface area contributed by atoms with Crippen LogP contribution in [0.15, 0.2) is 200 Å². The number of anilines is 3. The van der Waals surface area contributed by atoms with Gasteiger partial charge in [-0.25, -0.2) is 0 Å². The smallest absolute Gasteiger partial charge is 0.0467 e. The summed E-state index contributed by atoms with van der Waals surface area (Å²) in [6.07, 6.45) is 0. The Labute approximate surface area is 327 Å². The average molecular weight is 736 g/mol. The van der Waals surface area contributed by atoms with Crippen LogP contribution in [-0.4, -0.2) is 0 Å². The summed E-state index contributed by atoms with van der Waals surface area (Å²) >= 11 is 3.73. The van der Waals surface area contributed by atoms with E-state index < -0.39 is 0 Å². The van der Waals surface area contributed by atoms with Crippen molar-refractivity contribution in [2.45, 2.75) is 0 Å². The van der Waals surface area contributed by atoms with Crippen LogP contribution in [0.5, 0.6) is 0 Å². The fourth-order valence-electron chi connectivity index (χ4n) is 8.15. The van der Waals surface area contributed by atoms with Crippen LogP contribution in [0, 0.1) is 0 Å². The first-order valence-electron chi connectivity index (χ1n) is 18.7. The van der Waals surface area contributed by atoms with Gasteiger partial charge in [-0.3, -0.25) is 0 Å². The first-order chi connectivity index (χ1) is 27.2. The highest BCUT2D eigenvalue weighted by Crippen LogP contribution is 2.42. The lowest BCUT2D eigenvalue weighted by molar-refractivity contribution is 1.28. The van der Waals surface area contributed by atoms with Crippen LogP contribution >= 0.6 is 22.7 Å². The minimum atomic E-state index is 1.11. The van der Waals surface area contributed by atoms with Crippen molar-refractivity contribution in [2.75, 3.05) is 4.90 Å². The van der Waals surface area contributed by atoms with Gasteiger partial charge in [-0.05, 0) is 111 Å². The van der Waals surface area contributed by atoms with E-state index in [4.69, 9.17) is 0 Å². The second kappa shape index (κ2) is 13.1. The van der Waals surface area contributed by atoms with Crippen molar-refractivity contribution >= 4 is 90.9 Å². The van der Waals surface area contributed by atoms with Crippen molar-refractivity contribution in [1.29, 1.82) is 0 Å². The van der Waals surface area contributed by atoms with Gasteiger partial charge < -0.3 is 4.90 Å². The van der Waals surface area contributed by atoms with E-state index >= 15 is 0 Å². The summed E-state index contributed by atoms with van der Waals surface area (Å²) < 4.78 is 5.30. The zero-order valence-electron chi connectivity index (χ0n) is 29.8. The SMILES string of the molecule is c1cc(-c2ccc3c(c2)sc2ccccc23)cc(N(c2ccc(-c3ccc4sc5ccccc5c4c3)cc2)c2ccc(-c3cccc4ccccc34)cc2)c1. The number of hydrogen-bond acceptors (Lipinski definition) is 3. The average Bonchev–Trinajstić information content (AvgIpc) is 3.82. The zero-order valence-corrected chi connectivity index (χ0v) is 31.4. The maximum absolute atomic E-state index is 2.38. The first kappa shape index (κ1) is 32.0. The Bertz CT molecular complexity index is 3200. The van der Waals surface area contributed by atoms with Crippen LogP contribution in [0.2, 0.25) is 0 Å². The summed E-state index contributed by atoms with van der Waals surface area (Å²) in [6.45, 7) is 0. The quantitative estimate of drug-likeness (QED) is 0.164. The molecule has 0 saturated heterocycles. The van der Waals surface area contributed by atoms with Gasteiger partial charge in [0.25, 0.3) is 0 Å². The molecule has 0 spiro atoms. The van der Waals surface area contributed by atoms with Crippen LogP contribution in [-0.2, 0) is 0 Å². The van der Waals surface area contributed by atoms with E-state index in [1.54, 1.807) is 0 Å². The molecule has 3 heteroatoms. The summed E-state index contributed by atoms with van der Waals surface area (Å²) in [5.74, 6) is 0. The van der Waals surface area contributed by atoms with Gasteiger partial charge in [0.05, 0.1) is 0 Å². The van der Waals surface area contributed by atoms with Crippen molar-refractivity contribution in [3.05, 3.63) is 200 Å². The molecule has 9 aromatic carbocycles. The standard InChI is InChI=1S/C52H33NS2/c1-2-13-43-35(9-1)10-8-16-44(43)36-21-27-41(28-22-36)53(40-25-19-34(20-26-40)38-24-30-51-48(32-38)46-15-4-6-18-50(46)54-51)42-12-7-11-37(31-42)39-23-29-47-45-14-3-5-17-49(45)55-52(47)33-39/h1-33H. The summed E-state index contributed by atoms with van der Waals surface area (Å²) in [5, 5.41) is 7.81. The molecule has 0 aliphatic rings. The second-order valence-corrected chi connectivity index (χ2v) is 16.3. The first-order valence-corrected chi connectivity index (χ1v) is 20.3. The second-order valence-electron chi connectivity index (χ2n) is 14.1. The van der Waals surface area contributed by atoms with E-state index in [0.29, 0.717) is 0 Å². The van der Waals surface area contributed by atoms with E-state index in [2.05, 4.69) is 205 Å². The third-order valence-corrected chi connectivity index (χ3v) is 13.2. The molecule has 11 aromatic rings. The molecular formula is C52H33NS2. The third-order valence-electron chi connectivity index (χ3n) is 10.9. The van der Waals surface area contributed by atoms with Gasteiger partial charge in [0.1, 0.15) is 0 Å². The van der Waals surface area contributed by atoms with Crippen molar-refractivity contribution in [3.63, 3.8) is 0 Å². The van der Waals surface area contributed by atoms with E-state index in [1.807, 2.05) is 22.7 Å². The van der Waals surface area contributed by atoms with E-state index in [0.717, 1.165) is 17.1 Å². The van der Waals surface area contributed by atoms with Gasteiger partial charge in [-0.2, -0.15) is 0 Å². The Morgan fingerprint density at radius 3 is 1.58 bits per heavy atom. The molecule has 0 atom stereocenters. The summed E-state index contributed by atoms with van der Waals surface area (Å²) in [6, 6.07) is 73.5. The van der Waals surface area contributed by atoms with Gasteiger partial charge in [-0.1, -0.05) is 133 Å². The van der Waals surface area contributed by atoms with Crippen molar-refractivity contribution in [3.8, 4) is 33.4 Å². The molecule has 55 heavy (non-hydrogen) atoms. The van der Waals surface area contributed by atoms with Gasteiger partial charge in [0.2, 0.25) is 0 Å². The molecule has 0 bridgehead atoms. The van der Waals surface area contributed by atoms with E-state index in [-0.39, 0.29) is 0 Å². The summed E-state index contributed by atoms with van der Waals surface area (Å²) in [4.78, 5) is 2.38. The number of thiophene rings is 2. The maximum atomic E-state index is 2.38. The Hall–Kier alpha value is -6.52. The predicted octanol–water partition coefficient (Wildman–Crippen LogP) is 16.0. The molecule has 1 nitrogen and oxygen atoms in total. The molecule has 0 radical (unpaired) electrons. The van der Waals surface area contributed by atoms with Crippen molar-refractivity contribution in [2.24, 2.45) is 0 Å². The molecule has 0 aliphatic carbocycles. The molecule has 2 heterocycles. The molecule has 258 valence electrons. The van der Waals surface area contributed by atoms with Gasteiger partial charge in [-0.15, -0.1) is 22.7 Å². The van der Waals surface area contributed by atoms with Crippen molar-refractivity contribution in [1.82, 2.24) is 0 Å². The lowest BCUT2D eigenvalue weighted by atomic mass is 9.98. The zero-order chi connectivity index (χ0) is 36.3. The van der Waals surface area contributed by atoms with Crippen LogP contribution in [0.25, 0.3) is 84.5 Å². The molecule has 0 fully saturated rings. The van der Waals surface area contributed by atoms with E-state index in [1.165, 1.54) is 84.5 Å². The number of fused-ring (bicyclic) bond motifs is 7. The lowest BCUT2D eigenvalue weighted by Crippen LogP contribution is -2.10. The molecule has 2 aromatic heterocycles.